The van der Waals surface area contributed by atoms with E-state index in [0.29, 0.717) is 5.56 Å². The van der Waals surface area contributed by atoms with Crippen LogP contribution in [0.1, 0.15) is 36.0 Å². The van der Waals surface area contributed by atoms with Gasteiger partial charge in [0.15, 0.2) is 0 Å². The molecule has 2 rings (SSSR count). The van der Waals surface area contributed by atoms with Crippen LogP contribution in [0.5, 0.6) is 0 Å². The maximum Gasteiger partial charge on any atom is 0.254 e. The summed E-state index contributed by atoms with van der Waals surface area (Å²) < 4.78 is 0. The molecule has 5 heteroatoms. The molecule has 1 aliphatic rings. The first-order chi connectivity index (χ1) is 7.25. The smallest absolute Gasteiger partial charge is 0.254 e. The van der Waals surface area contributed by atoms with Crippen molar-refractivity contribution in [3.05, 3.63) is 18.0 Å². The Labute approximate surface area is 87.9 Å². The first-order valence-electron chi connectivity index (χ1n) is 5.23. The van der Waals surface area contributed by atoms with Gasteiger partial charge in [-0.15, -0.1) is 0 Å². The summed E-state index contributed by atoms with van der Waals surface area (Å²) in [5, 5.41) is 18.6. The number of rotatable bonds is 2. The summed E-state index contributed by atoms with van der Waals surface area (Å²) in [6, 6.07) is 0.191. The number of carbonyl (C=O) groups is 1. The van der Waals surface area contributed by atoms with Crippen molar-refractivity contribution >= 4 is 5.91 Å². The van der Waals surface area contributed by atoms with Crippen molar-refractivity contribution in [1.29, 1.82) is 0 Å². The lowest BCUT2D eigenvalue weighted by Crippen LogP contribution is -2.38. The molecule has 1 amide bonds. The molecule has 15 heavy (non-hydrogen) atoms. The van der Waals surface area contributed by atoms with Gasteiger partial charge < -0.3 is 10.4 Å². The van der Waals surface area contributed by atoms with Crippen molar-refractivity contribution in [3.8, 4) is 0 Å². The van der Waals surface area contributed by atoms with Gasteiger partial charge in [-0.3, -0.25) is 9.89 Å². The summed E-state index contributed by atoms with van der Waals surface area (Å²) in [4.78, 5) is 11.6. The SMILES string of the molecule is O=C(NC1CCC(O)CC1)c1cn[nH]c1. The number of aromatic nitrogens is 2. The maximum absolute atomic E-state index is 11.6. The number of aliphatic hydroxyl groups is 1. The number of nitrogens with zero attached hydrogens (tertiary/aromatic N) is 1. The van der Waals surface area contributed by atoms with Crippen molar-refractivity contribution in [2.24, 2.45) is 0 Å². The van der Waals surface area contributed by atoms with E-state index in [1.165, 1.54) is 6.20 Å². The second kappa shape index (κ2) is 4.44. The molecule has 82 valence electrons. The third-order valence-corrected chi connectivity index (χ3v) is 2.79. The van der Waals surface area contributed by atoms with Gasteiger partial charge in [-0.25, -0.2) is 0 Å². The first-order valence-corrected chi connectivity index (χ1v) is 5.23. The average Bonchev–Trinajstić information content (AvgIpc) is 2.74. The number of H-pyrrole nitrogens is 1. The minimum absolute atomic E-state index is 0.0925. The van der Waals surface area contributed by atoms with E-state index < -0.39 is 0 Å². The topological polar surface area (TPSA) is 78.0 Å². The van der Waals surface area contributed by atoms with E-state index in [4.69, 9.17) is 0 Å². The maximum atomic E-state index is 11.6. The van der Waals surface area contributed by atoms with Crippen LogP contribution in [0.2, 0.25) is 0 Å². The summed E-state index contributed by atoms with van der Waals surface area (Å²) in [5.41, 5.74) is 0.557. The largest absolute Gasteiger partial charge is 0.393 e. The Morgan fingerprint density at radius 2 is 2.20 bits per heavy atom. The number of aromatic amines is 1. The van der Waals surface area contributed by atoms with Crippen LogP contribution in [0.15, 0.2) is 12.4 Å². The summed E-state index contributed by atoms with van der Waals surface area (Å²) in [5.74, 6) is -0.0925. The molecule has 1 aromatic rings. The van der Waals surface area contributed by atoms with Crippen LogP contribution in [-0.4, -0.2) is 33.4 Å². The van der Waals surface area contributed by atoms with Crippen molar-refractivity contribution in [1.82, 2.24) is 15.5 Å². The fourth-order valence-corrected chi connectivity index (χ4v) is 1.86. The van der Waals surface area contributed by atoms with Crippen LogP contribution >= 0.6 is 0 Å². The molecule has 3 N–H and O–H groups in total. The quantitative estimate of drug-likeness (QED) is 0.661. The minimum atomic E-state index is -0.188. The van der Waals surface area contributed by atoms with Gasteiger partial charge >= 0.3 is 0 Å². The van der Waals surface area contributed by atoms with Crippen LogP contribution in [-0.2, 0) is 0 Å². The zero-order valence-electron chi connectivity index (χ0n) is 8.44. The van der Waals surface area contributed by atoms with Crippen molar-refractivity contribution in [2.45, 2.75) is 37.8 Å². The van der Waals surface area contributed by atoms with E-state index in [0.717, 1.165) is 25.7 Å². The number of nitrogens with one attached hydrogen (secondary N) is 2. The molecule has 1 heterocycles. The van der Waals surface area contributed by atoms with Gasteiger partial charge in [-0.1, -0.05) is 0 Å². The van der Waals surface area contributed by atoms with Crippen molar-refractivity contribution in [3.63, 3.8) is 0 Å². The average molecular weight is 209 g/mol. The highest BCUT2D eigenvalue weighted by Gasteiger charge is 2.21. The lowest BCUT2D eigenvalue weighted by Gasteiger charge is -2.25. The zero-order valence-corrected chi connectivity index (χ0v) is 8.44. The Kier molecular flexibility index (Phi) is 3.01. The number of amides is 1. The van der Waals surface area contributed by atoms with Crippen molar-refractivity contribution in [2.75, 3.05) is 0 Å². The number of aliphatic hydroxyl groups excluding tert-OH is 1. The summed E-state index contributed by atoms with van der Waals surface area (Å²) in [7, 11) is 0. The zero-order chi connectivity index (χ0) is 10.7. The van der Waals surface area contributed by atoms with E-state index >= 15 is 0 Å². The predicted octanol–water partition coefficient (Wildman–Crippen LogP) is 0.443. The normalized spacial score (nSPS) is 26.2. The van der Waals surface area contributed by atoms with E-state index in [1.54, 1.807) is 6.20 Å². The second-order valence-corrected chi connectivity index (χ2v) is 3.97. The Balaban J connectivity index is 1.85. The van der Waals surface area contributed by atoms with E-state index in [-0.39, 0.29) is 18.1 Å². The number of hydrogen-bond acceptors (Lipinski definition) is 3. The highest BCUT2D eigenvalue weighted by molar-refractivity contribution is 5.93. The van der Waals surface area contributed by atoms with Crippen molar-refractivity contribution < 1.29 is 9.90 Å². The lowest BCUT2D eigenvalue weighted by atomic mass is 9.93. The third kappa shape index (κ3) is 2.56. The summed E-state index contributed by atoms with van der Waals surface area (Å²) in [6.07, 6.45) is 6.15. The Morgan fingerprint density at radius 3 is 2.80 bits per heavy atom. The van der Waals surface area contributed by atoms with Gasteiger partial charge in [0.1, 0.15) is 0 Å². The van der Waals surface area contributed by atoms with Crippen LogP contribution in [0.25, 0.3) is 0 Å². The summed E-state index contributed by atoms with van der Waals surface area (Å²) >= 11 is 0. The molecule has 1 aliphatic carbocycles. The van der Waals surface area contributed by atoms with Gasteiger partial charge in [-0.05, 0) is 25.7 Å². The van der Waals surface area contributed by atoms with Gasteiger partial charge in [0.2, 0.25) is 0 Å². The lowest BCUT2D eigenvalue weighted by molar-refractivity contribution is 0.0867. The van der Waals surface area contributed by atoms with E-state index in [2.05, 4.69) is 15.5 Å². The molecule has 0 aromatic carbocycles. The van der Waals surface area contributed by atoms with Gasteiger partial charge in [0.05, 0.1) is 17.9 Å². The van der Waals surface area contributed by atoms with Crippen LogP contribution in [0.4, 0.5) is 0 Å². The molecular formula is C10H15N3O2. The van der Waals surface area contributed by atoms with Gasteiger partial charge in [-0.2, -0.15) is 5.10 Å². The molecule has 0 saturated heterocycles. The number of hydrogen-bond donors (Lipinski definition) is 3. The number of carbonyl (C=O) groups excluding carboxylic acids is 1. The van der Waals surface area contributed by atoms with Crippen LogP contribution in [0.3, 0.4) is 0 Å². The molecule has 0 atom stereocenters. The standard InChI is InChI=1S/C10H15N3O2/c14-9-3-1-8(2-4-9)13-10(15)7-5-11-12-6-7/h5-6,8-9,14H,1-4H2,(H,11,12)(H,13,15). The highest BCUT2D eigenvalue weighted by Crippen LogP contribution is 2.18. The molecule has 1 saturated carbocycles. The molecule has 0 radical (unpaired) electrons. The van der Waals surface area contributed by atoms with E-state index in [9.17, 15) is 9.90 Å². The van der Waals surface area contributed by atoms with Gasteiger partial charge in [0, 0.05) is 12.2 Å². The fourth-order valence-electron chi connectivity index (χ4n) is 1.86. The molecule has 0 bridgehead atoms. The minimum Gasteiger partial charge on any atom is -0.393 e. The predicted molar refractivity (Wildman–Crippen MR) is 54.3 cm³/mol. The Hall–Kier alpha value is -1.36. The highest BCUT2D eigenvalue weighted by atomic mass is 16.3. The molecule has 0 spiro atoms. The monoisotopic (exact) mass is 209 g/mol. The first kappa shape index (κ1) is 10.2. The molecule has 1 fully saturated rings. The fraction of sp³-hybridized carbons (Fsp3) is 0.600. The second-order valence-electron chi connectivity index (χ2n) is 3.97. The third-order valence-electron chi connectivity index (χ3n) is 2.79. The van der Waals surface area contributed by atoms with E-state index in [1.807, 2.05) is 0 Å². The molecule has 0 aliphatic heterocycles. The van der Waals surface area contributed by atoms with Crippen LogP contribution < -0.4 is 5.32 Å². The molecule has 5 nitrogen and oxygen atoms in total. The molecular weight excluding hydrogens is 194 g/mol. The van der Waals surface area contributed by atoms with Gasteiger partial charge in [0.25, 0.3) is 5.91 Å². The molecule has 1 aromatic heterocycles. The Bertz CT molecular complexity index is 315. The Morgan fingerprint density at radius 1 is 1.47 bits per heavy atom. The summed E-state index contributed by atoms with van der Waals surface area (Å²) in [6.45, 7) is 0. The molecule has 0 unspecified atom stereocenters. The van der Waals surface area contributed by atoms with Crippen LogP contribution in [0, 0.1) is 0 Å².